The number of hydrogen-bond acceptors (Lipinski definition) is 4. The third-order valence-electron chi connectivity index (χ3n) is 4.37. The van der Waals surface area contributed by atoms with Crippen LogP contribution in [0.1, 0.15) is 25.3 Å². The zero-order valence-corrected chi connectivity index (χ0v) is 13.7. The Morgan fingerprint density at radius 1 is 1.32 bits per heavy atom. The summed E-state index contributed by atoms with van der Waals surface area (Å²) in [5, 5.41) is 0.685. The fourth-order valence-corrected chi connectivity index (χ4v) is 5.02. The van der Waals surface area contributed by atoms with Crippen molar-refractivity contribution in [3.05, 3.63) is 36.0 Å². The maximum atomic E-state index is 13.1. The van der Waals surface area contributed by atoms with Gasteiger partial charge in [-0.25, -0.2) is 8.42 Å². The monoisotopic (exact) mass is 319 g/mol. The molecule has 2 atom stereocenters. The third kappa shape index (κ3) is 2.51. The Morgan fingerprint density at radius 2 is 2.09 bits per heavy atom. The average Bonchev–Trinajstić information content (AvgIpc) is 2.47. The molecule has 1 fully saturated rings. The van der Waals surface area contributed by atoms with E-state index in [9.17, 15) is 8.42 Å². The summed E-state index contributed by atoms with van der Waals surface area (Å²) in [6, 6.07) is 7.11. The quantitative estimate of drug-likeness (QED) is 0.919. The molecule has 3 rings (SSSR count). The van der Waals surface area contributed by atoms with Crippen LogP contribution >= 0.6 is 0 Å². The highest BCUT2D eigenvalue weighted by Crippen LogP contribution is 2.30. The second-order valence-electron chi connectivity index (χ2n) is 6.03. The van der Waals surface area contributed by atoms with Crippen LogP contribution in [-0.4, -0.2) is 36.3 Å². The van der Waals surface area contributed by atoms with E-state index in [1.165, 1.54) is 0 Å². The van der Waals surface area contributed by atoms with Crippen LogP contribution in [0.3, 0.4) is 0 Å². The van der Waals surface area contributed by atoms with Crippen molar-refractivity contribution in [1.29, 1.82) is 0 Å². The largest absolute Gasteiger partial charge is 0.328 e. The number of rotatable bonds is 2. The number of fused-ring (bicyclic) bond motifs is 1. The molecule has 0 radical (unpaired) electrons. The van der Waals surface area contributed by atoms with Crippen molar-refractivity contribution >= 4 is 20.9 Å². The normalized spacial score (nSPS) is 23.8. The third-order valence-corrected chi connectivity index (χ3v) is 6.45. The molecule has 0 amide bonds. The van der Waals surface area contributed by atoms with Crippen LogP contribution in [0, 0.1) is 6.92 Å². The van der Waals surface area contributed by atoms with Crippen LogP contribution in [-0.2, 0) is 10.0 Å². The van der Waals surface area contributed by atoms with E-state index in [2.05, 4.69) is 4.98 Å². The SMILES string of the molecule is Cc1ccc(S(=O)(=O)N2CC[C@H](N)C[C@H]2C)c2cccnc12. The van der Waals surface area contributed by atoms with Gasteiger partial charge in [0.15, 0.2) is 0 Å². The smallest absolute Gasteiger partial charge is 0.243 e. The minimum Gasteiger partial charge on any atom is -0.328 e. The van der Waals surface area contributed by atoms with Gasteiger partial charge in [0.1, 0.15) is 0 Å². The first-order valence-electron chi connectivity index (χ1n) is 7.53. The zero-order chi connectivity index (χ0) is 15.9. The lowest BCUT2D eigenvalue weighted by Gasteiger charge is -2.35. The highest BCUT2D eigenvalue weighted by Gasteiger charge is 2.34. The molecular weight excluding hydrogens is 298 g/mol. The summed E-state index contributed by atoms with van der Waals surface area (Å²) in [5.41, 5.74) is 7.66. The number of nitrogens with zero attached hydrogens (tertiary/aromatic N) is 2. The maximum absolute atomic E-state index is 13.1. The van der Waals surface area contributed by atoms with Gasteiger partial charge in [0, 0.05) is 30.2 Å². The Labute approximate surface area is 131 Å². The summed E-state index contributed by atoms with van der Waals surface area (Å²) in [5.74, 6) is 0. The molecular formula is C16H21N3O2S. The summed E-state index contributed by atoms with van der Waals surface area (Å²) in [6.45, 7) is 4.33. The predicted octanol–water partition coefficient (Wildman–Crippen LogP) is 2.04. The van der Waals surface area contributed by atoms with Crippen LogP contribution in [0.4, 0.5) is 0 Å². The summed E-state index contributed by atoms with van der Waals surface area (Å²) in [6.07, 6.45) is 3.08. The van der Waals surface area contributed by atoms with Gasteiger partial charge in [0.2, 0.25) is 10.0 Å². The molecule has 5 nitrogen and oxygen atoms in total. The van der Waals surface area contributed by atoms with Crippen LogP contribution in [0.15, 0.2) is 35.4 Å². The lowest BCUT2D eigenvalue weighted by molar-refractivity contribution is 0.247. The van der Waals surface area contributed by atoms with Gasteiger partial charge in [-0.05, 0) is 50.5 Å². The van der Waals surface area contributed by atoms with Gasteiger partial charge in [-0.2, -0.15) is 4.31 Å². The second kappa shape index (κ2) is 5.61. The predicted molar refractivity (Wildman–Crippen MR) is 87.0 cm³/mol. The average molecular weight is 319 g/mol. The van der Waals surface area contributed by atoms with Crippen molar-refractivity contribution in [2.24, 2.45) is 5.73 Å². The molecule has 0 bridgehead atoms. The van der Waals surface area contributed by atoms with Gasteiger partial charge in [-0.1, -0.05) is 6.07 Å². The second-order valence-corrected chi connectivity index (χ2v) is 7.89. The summed E-state index contributed by atoms with van der Waals surface area (Å²) in [7, 11) is -3.54. The van der Waals surface area contributed by atoms with Crippen LogP contribution in [0.2, 0.25) is 0 Å². The van der Waals surface area contributed by atoms with Crippen molar-refractivity contribution < 1.29 is 8.42 Å². The van der Waals surface area contributed by atoms with Gasteiger partial charge in [-0.3, -0.25) is 4.98 Å². The van der Waals surface area contributed by atoms with Crippen molar-refractivity contribution in [1.82, 2.24) is 9.29 Å². The lowest BCUT2D eigenvalue weighted by Crippen LogP contribution is -2.48. The van der Waals surface area contributed by atoms with Crippen LogP contribution in [0.5, 0.6) is 0 Å². The van der Waals surface area contributed by atoms with Crippen molar-refractivity contribution in [2.45, 2.75) is 43.7 Å². The Balaban J connectivity index is 2.12. The first-order chi connectivity index (χ1) is 10.4. The molecule has 22 heavy (non-hydrogen) atoms. The van der Waals surface area contributed by atoms with Gasteiger partial charge < -0.3 is 5.73 Å². The molecule has 0 aliphatic carbocycles. The van der Waals surface area contributed by atoms with Crippen molar-refractivity contribution in [2.75, 3.05) is 6.54 Å². The first kappa shape index (κ1) is 15.4. The molecule has 2 heterocycles. The number of aryl methyl sites for hydroxylation is 1. The Kier molecular flexibility index (Phi) is 3.92. The molecule has 1 aliphatic rings. The van der Waals surface area contributed by atoms with E-state index in [1.807, 2.05) is 26.0 Å². The van der Waals surface area contributed by atoms with Gasteiger partial charge in [-0.15, -0.1) is 0 Å². The first-order valence-corrected chi connectivity index (χ1v) is 8.97. The van der Waals surface area contributed by atoms with Crippen LogP contribution < -0.4 is 5.73 Å². The Hall–Kier alpha value is -1.50. The summed E-state index contributed by atoms with van der Waals surface area (Å²) < 4.78 is 27.8. The fraction of sp³-hybridized carbons (Fsp3) is 0.438. The van der Waals surface area contributed by atoms with E-state index in [0.29, 0.717) is 29.7 Å². The number of nitrogens with two attached hydrogens (primary N) is 1. The fourth-order valence-electron chi connectivity index (χ4n) is 3.18. The van der Waals surface area contributed by atoms with E-state index in [1.54, 1.807) is 22.6 Å². The molecule has 0 unspecified atom stereocenters. The Bertz CT molecular complexity index is 804. The number of sulfonamides is 1. The van der Waals surface area contributed by atoms with E-state index in [0.717, 1.165) is 11.1 Å². The van der Waals surface area contributed by atoms with Crippen molar-refractivity contribution in [3.8, 4) is 0 Å². The maximum Gasteiger partial charge on any atom is 0.243 e. The van der Waals surface area contributed by atoms with Crippen molar-refractivity contribution in [3.63, 3.8) is 0 Å². The van der Waals surface area contributed by atoms with Gasteiger partial charge >= 0.3 is 0 Å². The van der Waals surface area contributed by atoms with Crippen LogP contribution in [0.25, 0.3) is 10.9 Å². The summed E-state index contributed by atoms with van der Waals surface area (Å²) in [4.78, 5) is 4.66. The molecule has 2 N–H and O–H groups in total. The highest BCUT2D eigenvalue weighted by atomic mass is 32.2. The molecule has 1 aliphatic heterocycles. The topological polar surface area (TPSA) is 76.3 Å². The number of pyridine rings is 1. The lowest BCUT2D eigenvalue weighted by atomic mass is 10.0. The van der Waals surface area contributed by atoms with E-state index >= 15 is 0 Å². The van der Waals surface area contributed by atoms with E-state index in [4.69, 9.17) is 5.73 Å². The minimum atomic E-state index is -3.54. The number of piperidine rings is 1. The zero-order valence-electron chi connectivity index (χ0n) is 12.9. The molecule has 1 aromatic heterocycles. The molecule has 2 aromatic rings. The number of hydrogen-bond donors (Lipinski definition) is 1. The number of aromatic nitrogens is 1. The molecule has 1 saturated heterocycles. The highest BCUT2D eigenvalue weighted by molar-refractivity contribution is 7.89. The molecule has 1 aromatic carbocycles. The minimum absolute atomic E-state index is 0.0814. The molecule has 0 spiro atoms. The van der Waals surface area contributed by atoms with Gasteiger partial charge in [0.25, 0.3) is 0 Å². The molecule has 6 heteroatoms. The Morgan fingerprint density at radius 3 is 2.82 bits per heavy atom. The molecule has 118 valence electrons. The number of benzene rings is 1. The van der Waals surface area contributed by atoms with E-state index < -0.39 is 10.0 Å². The van der Waals surface area contributed by atoms with E-state index in [-0.39, 0.29) is 12.1 Å². The summed E-state index contributed by atoms with van der Waals surface area (Å²) >= 11 is 0. The van der Waals surface area contributed by atoms with Gasteiger partial charge in [0.05, 0.1) is 10.4 Å². The molecule has 0 saturated carbocycles. The standard InChI is InChI=1S/C16H21N3O2S/c1-11-5-6-15(14-4-3-8-18-16(11)14)22(20,21)19-9-7-13(17)10-12(19)2/h3-6,8,12-13H,7,9-10,17H2,1-2H3/t12-,13+/m1/s1.